The molecule has 1 aromatic carbocycles. The minimum absolute atomic E-state index is 0.156. The van der Waals surface area contributed by atoms with Crippen LogP contribution in [0.4, 0.5) is 0 Å². The van der Waals surface area contributed by atoms with E-state index in [0.717, 1.165) is 49.1 Å². The number of nitrogens with zero attached hydrogens (tertiary/aromatic N) is 1. The Balaban J connectivity index is 2.34. The SMILES string of the molecule is C=CCC[C@@H](c1c(Br)ccc(Cl)c1O)N1CCNCC1. The second-order valence-corrected chi connectivity index (χ2v) is 6.22. The van der Waals surface area contributed by atoms with Crippen LogP contribution in [0.25, 0.3) is 0 Å². The van der Waals surface area contributed by atoms with Crippen molar-refractivity contribution in [3.8, 4) is 5.75 Å². The number of rotatable bonds is 5. The smallest absolute Gasteiger partial charge is 0.140 e. The summed E-state index contributed by atoms with van der Waals surface area (Å²) in [5, 5.41) is 14.1. The molecule has 2 rings (SSSR count). The van der Waals surface area contributed by atoms with Crippen molar-refractivity contribution in [2.75, 3.05) is 26.2 Å². The van der Waals surface area contributed by atoms with Gasteiger partial charge in [-0.05, 0) is 25.0 Å². The van der Waals surface area contributed by atoms with Gasteiger partial charge in [0.1, 0.15) is 5.75 Å². The largest absolute Gasteiger partial charge is 0.506 e. The third kappa shape index (κ3) is 3.55. The van der Waals surface area contributed by atoms with Crippen LogP contribution in [-0.4, -0.2) is 36.2 Å². The van der Waals surface area contributed by atoms with Crippen molar-refractivity contribution in [2.45, 2.75) is 18.9 Å². The number of phenolic OH excluding ortho intramolecular Hbond substituents is 1. The van der Waals surface area contributed by atoms with Crippen LogP contribution in [0.3, 0.4) is 0 Å². The standard InChI is InChI=1S/C15H20BrClN2O/c1-2-3-4-13(19-9-7-18-8-10-19)14-11(16)5-6-12(17)15(14)20/h2,5-6,13,18,20H,1,3-4,7-10H2/t13-/m0/s1. The van der Waals surface area contributed by atoms with Gasteiger partial charge in [-0.3, -0.25) is 4.90 Å². The first kappa shape index (κ1) is 15.8. The fourth-order valence-electron chi connectivity index (χ4n) is 2.65. The van der Waals surface area contributed by atoms with E-state index in [0.29, 0.717) is 5.02 Å². The van der Waals surface area contributed by atoms with Gasteiger partial charge in [0.25, 0.3) is 0 Å². The summed E-state index contributed by atoms with van der Waals surface area (Å²) >= 11 is 9.63. The Morgan fingerprint density at radius 1 is 1.45 bits per heavy atom. The molecular weight excluding hydrogens is 340 g/mol. The molecule has 0 unspecified atom stereocenters. The Labute approximate surface area is 133 Å². The van der Waals surface area contributed by atoms with E-state index >= 15 is 0 Å². The number of benzene rings is 1. The van der Waals surface area contributed by atoms with Crippen molar-refractivity contribution >= 4 is 27.5 Å². The maximum Gasteiger partial charge on any atom is 0.140 e. The molecule has 0 saturated carbocycles. The van der Waals surface area contributed by atoms with Crippen molar-refractivity contribution in [3.05, 3.63) is 39.8 Å². The highest BCUT2D eigenvalue weighted by molar-refractivity contribution is 9.10. The molecule has 3 nitrogen and oxygen atoms in total. The number of nitrogens with one attached hydrogen (secondary N) is 1. The summed E-state index contributed by atoms with van der Waals surface area (Å²) < 4.78 is 0.909. The van der Waals surface area contributed by atoms with Crippen molar-refractivity contribution < 1.29 is 5.11 Å². The summed E-state index contributed by atoms with van der Waals surface area (Å²) in [5.74, 6) is 0.189. The minimum atomic E-state index is 0.156. The zero-order valence-corrected chi connectivity index (χ0v) is 13.8. The van der Waals surface area contributed by atoms with Crippen LogP contribution in [-0.2, 0) is 0 Å². The number of hydrogen-bond acceptors (Lipinski definition) is 3. The highest BCUT2D eigenvalue weighted by atomic mass is 79.9. The van der Waals surface area contributed by atoms with Crippen molar-refractivity contribution in [2.24, 2.45) is 0 Å². The maximum atomic E-state index is 10.3. The molecule has 5 heteroatoms. The summed E-state index contributed by atoms with van der Waals surface area (Å²) in [7, 11) is 0. The molecular formula is C15H20BrClN2O. The molecule has 2 N–H and O–H groups in total. The molecule has 1 aliphatic heterocycles. The highest BCUT2D eigenvalue weighted by Crippen LogP contribution is 2.41. The summed E-state index contributed by atoms with van der Waals surface area (Å²) in [5.41, 5.74) is 0.890. The van der Waals surface area contributed by atoms with Gasteiger partial charge in [0.05, 0.1) is 5.02 Å². The molecule has 0 aromatic heterocycles. The number of phenols is 1. The third-order valence-electron chi connectivity index (χ3n) is 3.68. The van der Waals surface area contributed by atoms with Gasteiger partial charge in [-0.2, -0.15) is 0 Å². The minimum Gasteiger partial charge on any atom is -0.506 e. The molecule has 110 valence electrons. The molecule has 0 amide bonds. The Morgan fingerprint density at radius 3 is 2.80 bits per heavy atom. The number of piperazine rings is 1. The van der Waals surface area contributed by atoms with E-state index < -0.39 is 0 Å². The maximum absolute atomic E-state index is 10.3. The first-order valence-electron chi connectivity index (χ1n) is 6.87. The number of hydrogen-bond donors (Lipinski definition) is 2. The van der Waals surface area contributed by atoms with Crippen LogP contribution in [0.15, 0.2) is 29.3 Å². The second kappa shape index (κ2) is 7.46. The average Bonchev–Trinajstić information content (AvgIpc) is 2.47. The lowest BCUT2D eigenvalue weighted by Gasteiger charge is -2.36. The van der Waals surface area contributed by atoms with Crippen LogP contribution in [0.1, 0.15) is 24.4 Å². The predicted molar refractivity (Wildman–Crippen MR) is 87.4 cm³/mol. The second-order valence-electron chi connectivity index (χ2n) is 4.96. The monoisotopic (exact) mass is 358 g/mol. The van der Waals surface area contributed by atoms with Crippen molar-refractivity contribution in [1.82, 2.24) is 10.2 Å². The molecule has 1 heterocycles. The van der Waals surface area contributed by atoms with E-state index in [9.17, 15) is 5.11 Å². The van der Waals surface area contributed by atoms with Crippen LogP contribution in [0.2, 0.25) is 5.02 Å². The van der Waals surface area contributed by atoms with Gasteiger partial charge in [-0.1, -0.05) is 33.6 Å². The van der Waals surface area contributed by atoms with Crippen LogP contribution in [0.5, 0.6) is 5.75 Å². The predicted octanol–water partition coefficient (Wildman–Crippen LogP) is 3.72. The zero-order valence-electron chi connectivity index (χ0n) is 11.4. The van der Waals surface area contributed by atoms with Gasteiger partial charge in [0.2, 0.25) is 0 Å². The van der Waals surface area contributed by atoms with Gasteiger partial charge in [-0.25, -0.2) is 0 Å². The molecule has 1 saturated heterocycles. The van der Waals surface area contributed by atoms with Crippen LogP contribution in [0, 0.1) is 0 Å². The Morgan fingerprint density at radius 2 is 2.15 bits per heavy atom. The van der Waals surface area contributed by atoms with Gasteiger partial charge in [0.15, 0.2) is 0 Å². The number of halogens is 2. The number of allylic oxidation sites excluding steroid dienone is 1. The summed E-state index contributed by atoms with van der Waals surface area (Å²) in [4.78, 5) is 2.40. The van der Waals surface area contributed by atoms with Crippen molar-refractivity contribution in [1.29, 1.82) is 0 Å². The molecule has 0 spiro atoms. The fourth-order valence-corrected chi connectivity index (χ4v) is 3.40. The fraction of sp³-hybridized carbons (Fsp3) is 0.467. The lowest BCUT2D eigenvalue weighted by molar-refractivity contribution is 0.163. The van der Waals surface area contributed by atoms with Gasteiger partial charge < -0.3 is 10.4 Å². The van der Waals surface area contributed by atoms with E-state index in [1.807, 2.05) is 12.1 Å². The molecule has 1 aliphatic rings. The lowest BCUT2D eigenvalue weighted by Crippen LogP contribution is -2.45. The van der Waals surface area contributed by atoms with E-state index in [4.69, 9.17) is 11.6 Å². The van der Waals surface area contributed by atoms with E-state index in [1.54, 1.807) is 6.07 Å². The van der Waals surface area contributed by atoms with Crippen LogP contribution < -0.4 is 5.32 Å². The quantitative estimate of drug-likeness (QED) is 0.787. The zero-order chi connectivity index (χ0) is 14.5. The Hall–Kier alpha value is -0.550. The van der Waals surface area contributed by atoms with E-state index in [2.05, 4.69) is 32.7 Å². The first-order valence-corrected chi connectivity index (χ1v) is 8.04. The Bertz CT molecular complexity index is 475. The number of aromatic hydroxyl groups is 1. The van der Waals surface area contributed by atoms with Crippen molar-refractivity contribution in [3.63, 3.8) is 0 Å². The third-order valence-corrected chi connectivity index (χ3v) is 4.68. The van der Waals surface area contributed by atoms with Gasteiger partial charge >= 0.3 is 0 Å². The average molecular weight is 360 g/mol. The summed E-state index contributed by atoms with van der Waals surface area (Å²) in [6.07, 6.45) is 3.76. The molecule has 1 aromatic rings. The first-order chi connectivity index (χ1) is 9.65. The van der Waals surface area contributed by atoms with Gasteiger partial charge in [0, 0.05) is 42.3 Å². The van der Waals surface area contributed by atoms with Crippen LogP contribution >= 0.6 is 27.5 Å². The molecule has 0 radical (unpaired) electrons. The normalized spacial score (nSPS) is 17.9. The Kier molecular flexibility index (Phi) is 5.90. The summed E-state index contributed by atoms with van der Waals surface area (Å²) in [6, 6.07) is 3.77. The molecule has 20 heavy (non-hydrogen) atoms. The topological polar surface area (TPSA) is 35.5 Å². The highest BCUT2D eigenvalue weighted by Gasteiger charge is 2.26. The van der Waals surface area contributed by atoms with E-state index in [-0.39, 0.29) is 11.8 Å². The lowest BCUT2D eigenvalue weighted by atomic mass is 9.98. The molecule has 1 atom stereocenters. The molecule has 0 aliphatic carbocycles. The molecule has 0 bridgehead atoms. The van der Waals surface area contributed by atoms with E-state index in [1.165, 1.54) is 0 Å². The van der Waals surface area contributed by atoms with Gasteiger partial charge in [-0.15, -0.1) is 6.58 Å². The molecule has 1 fully saturated rings. The summed E-state index contributed by atoms with van der Waals surface area (Å²) in [6.45, 7) is 7.70.